The quantitative estimate of drug-likeness (QED) is 0.746. The lowest BCUT2D eigenvalue weighted by Crippen LogP contribution is -2.07. The molecule has 5 heteroatoms. The summed E-state index contributed by atoms with van der Waals surface area (Å²) in [4.78, 5) is 18.5. The molecule has 1 unspecified atom stereocenters. The molecule has 1 heterocycles. The standard InChI is InChI=1S/C8H9BrN2O2/c1-5(13-6(2)12)8-7(9)3-10-4-11-8/h3-5H,1-2H3. The predicted molar refractivity (Wildman–Crippen MR) is 49.9 cm³/mol. The van der Waals surface area contributed by atoms with Gasteiger partial charge >= 0.3 is 5.97 Å². The van der Waals surface area contributed by atoms with Gasteiger partial charge in [-0.05, 0) is 22.9 Å². The van der Waals surface area contributed by atoms with Gasteiger partial charge in [0.1, 0.15) is 12.4 Å². The number of hydrogen-bond donors (Lipinski definition) is 0. The number of hydrogen-bond acceptors (Lipinski definition) is 4. The van der Waals surface area contributed by atoms with E-state index < -0.39 is 0 Å². The number of aromatic nitrogens is 2. The van der Waals surface area contributed by atoms with Crippen LogP contribution in [0.5, 0.6) is 0 Å². The van der Waals surface area contributed by atoms with Crippen molar-refractivity contribution in [1.82, 2.24) is 9.97 Å². The normalized spacial score (nSPS) is 12.2. The first-order valence-corrected chi connectivity index (χ1v) is 4.53. The van der Waals surface area contributed by atoms with Crippen LogP contribution in [0, 0.1) is 0 Å². The fourth-order valence-corrected chi connectivity index (χ4v) is 1.47. The summed E-state index contributed by atoms with van der Waals surface area (Å²) in [5, 5.41) is 0. The van der Waals surface area contributed by atoms with Crippen molar-refractivity contribution in [2.75, 3.05) is 0 Å². The Labute approximate surface area is 84.5 Å². The van der Waals surface area contributed by atoms with Crippen LogP contribution in [-0.4, -0.2) is 15.9 Å². The molecule has 0 saturated heterocycles. The molecule has 1 atom stereocenters. The van der Waals surface area contributed by atoms with Gasteiger partial charge < -0.3 is 4.74 Å². The van der Waals surface area contributed by atoms with Crippen molar-refractivity contribution >= 4 is 21.9 Å². The van der Waals surface area contributed by atoms with Gasteiger partial charge in [0, 0.05) is 13.1 Å². The Balaban J connectivity index is 2.82. The minimum absolute atomic E-state index is 0.321. The van der Waals surface area contributed by atoms with Crippen molar-refractivity contribution in [3.63, 3.8) is 0 Å². The molecular formula is C8H9BrN2O2. The van der Waals surface area contributed by atoms with Crippen LogP contribution in [0.15, 0.2) is 17.0 Å². The summed E-state index contributed by atoms with van der Waals surface area (Å²) in [6, 6.07) is 0. The molecule has 0 amide bonds. The maximum Gasteiger partial charge on any atom is 0.303 e. The van der Waals surface area contributed by atoms with Crippen LogP contribution in [0.3, 0.4) is 0 Å². The third-order valence-corrected chi connectivity index (χ3v) is 2.03. The Morgan fingerprint density at radius 1 is 1.69 bits per heavy atom. The summed E-state index contributed by atoms with van der Waals surface area (Å²) in [5.74, 6) is -0.321. The van der Waals surface area contributed by atoms with E-state index in [1.807, 2.05) is 0 Å². The van der Waals surface area contributed by atoms with Crippen LogP contribution in [0.25, 0.3) is 0 Å². The van der Waals surface area contributed by atoms with Gasteiger partial charge in [0.15, 0.2) is 0 Å². The maximum atomic E-state index is 10.7. The van der Waals surface area contributed by atoms with Crippen molar-refractivity contribution in [3.05, 3.63) is 22.7 Å². The lowest BCUT2D eigenvalue weighted by molar-refractivity contribution is -0.146. The first kappa shape index (κ1) is 10.1. The number of esters is 1. The first-order chi connectivity index (χ1) is 6.11. The zero-order valence-corrected chi connectivity index (χ0v) is 8.91. The van der Waals surface area contributed by atoms with Gasteiger partial charge in [-0.2, -0.15) is 0 Å². The maximum absolute atomic E-state index is 10.7. The summed E-state index contributed by atoms with van der Waals surface area (Å²) in [6.45, 7) is 3.13. The van der Waals surface area contributed by atoms with Gasteiger partial charge in [0.2, 0.25) is 0 Å². The average Bonchev–Trinajstić information content (AvgIpc) is 2.03. The minimum Gasteiger partial charge on any atom is -0.456 e. The van der Waals surface area contributed by atoms with Crippen LogP contribution < -0.4 is 0 Å². The summed E-state index contributed by atoms with van der Waals surface area (Å²) in [7, 11) is 0. The average molecular weight is 245 g/mol. The van der Waals surface area contributed by atoms with Crippen LogP contribution in [0.1, 0.15) is 25.6 Å². The largest absolute Gasteiger partial charge is 0.456 e. The molecule has 13 heavy (non-hydrogen) atoms. The van der Waals surface area contributed by atoms with Crippen molar-refractivity contribution < 1.29 is 9.53 Å². The summed E-state index contributed by atoms with van der Waals surface area (Å²) in [5.41, 5.74) is 0.671. The van der Waals surface area contributed by atoms with E-state index in [-0.39, 0.29) is 12.1 Å². The fourth-order valence-electron chi connectivity index (χ4n) is 0.926. The van der Waals surface area contributed by atoms with E-state index in [9.17, 15) is 4.79 Å². The monoisotopic (exact) mass is 244 g/mol. The lowest BCUT2D eigenvalue weighted by atomic mass is 10.3. The van der Waals surface area contributed by atoms with Gasteiger partial charge in [-0.3, -0.25) is 4.79 Å². The van der Waals surface area contributed by atoms with Crippen molar-refractivity contribution in [2.45, 2.75) is 20.0 Å². The molecule has 0 saturated carbocycles. The highest BCUT2D eigenvalue weighted by Gasteiger charge is 2.12. The SMILES string of the molecule is CC(=O)OC(C)c1ncncc1Br. The van der Waals surface area contributed by atoms with Crippen molar-refractivity contribution in [1.29, 1.82) is 0 Å². The summed E-state index contributed by atoms with van der Waals surface area (Å²) in [6.07, 6.45) is 2.68. The fraction of sp³-hybridized carbons (Fsp3) is 0.375. The number of carbonyl (C=O) groups is 1. The Morgan fingerprint density at radius 2 is 2.38 bits per heavy atom. The van der Waals surface area contributed by atoms with E-state index in [1.165, 1.54) is 13.3 Å². The lowest BCUT2D eigenvalue weighted by Gasteiger charge is -2.11. The Hall–Kier alpha value is -0.970. The third-order valence-electron chi connectivity index (χ3n) is 1.42. The molecule has 0 aliphatic rings. The van der Waals surface area contributed by atoms with Crippen LogP contribution in [-0.2, 0) is 9.53 Å². The highest BCUT2D eigenvalue weighted by Crippen LogP contribution is 2.21. The van der Waals surface area contributed by atoms with Crippen molar-refractivity contribution in [3.8, 4) is 0 Å². The molecule has 0 spiro atoms. The van der Waals surface area contributed by atoms with E-state index >= 15 is 0 Å². The molecule has 4 nitrogen and oxygen atoms in total. The Bertz CT molecular complexity index is 317. The highest BCUT2D eigenvalue weighted by molar-refractivity contribution is 9.10. The molecule has 0 aromatic carbocycles. The minimum atomic E-state index is -0.352. The van der Waals surface area contributed by atoms with E-state index in [4.69, 9.17) is 4.74 Å². The molecule has 0 aliphatic heterocycles. The van der Waals surface area contributed by atoms with E-state index in [0.717, 1.165) is 4.47 Å². The second-order valence-electron chi connectivity index (χ2n) is 2.51. The predicted octanol–water partition coefficient (Wildman–Crippen LogP) is 1.86. The summed E-state index contributed by atoms with van der Waals surface area (Å²) >= 11 is 3.27. The number of rotatable bonds is 2. The van der Waals surface area contributed by atoms with Crippen molar-refractivity contribution in [2.24, 2.45) is 0 Å². The van der Waals surface area contributed by atoms with E-state index in [1.54, 1.807) is 13.1 Å². The topological polar surface area (TPSA) is 52.1 Å². The molecule has 1 rings (SSSR count). The number of halogens is 1. The van der Waals surface area contributed by atoms with E-state index in [2.05, 4.69) is 25.9 Å². The summed E-state index contributed by atoms with van der Waals surface area (Å²) < 4.78 is 5.70. The zero-order chi connectivity index (χ0) is 9.84. The molecule has 0 N–H and O–H groups in total. The van der Waals surface area contributed by atoms with Gasteiger partial charge in [-0.25, -0.2) is 9.97 Å². The molecule has 0 fully saturated rings. The molecule has 0 aliphatic carbocycles. The Morgan fingerprint density at radius 3 is 2.92 bits per heavy atom. The number of carbonyl (C=O) groups excluding carboxylic acids is 1. The van der Waals surface area contributed by atoms with Gasteiger partial charge in [-0.15, -0.1) is 0 Å². The van der Waals surface area contributed by atoms with Crippen LogP contribution >= 0.6 is 15.9 Å². The molecule has 70 valence electrons. The van der Waals surface area contributed by atoms with Crippen LogP contribution in [0.2, 0.25) is 0 Å². The van der Waals surface area contributed by atoms with Crippen LogP contribution in [0.4, 0.5) is 0 Å². The molecule has 0 bridgehead atoms. The third kappa shape index (κ3) is 2.77. The molecule has 1 aromatic rings. The molecule has 0 radical (unpaired) electrons. The number of nitrogens with zero attached hydrogens (tertiary/aromatic N) is 2. The van der Waals surface area contributed by atoms with E-state index in [0.29, 0.717) is 5.69 Å². The molecule has 1 aromatic heterocycles. The highest BCUT2D eigenvalue weighted by atomic mass is 79.9. The number of ether oxygens (including phenoxy) is 1. The second-order valence-corrected chi connectivity index (χ2v) is 3.36. The van der Waals surface area contributed by atoms with Gasteiger partial charge in [0.05, 0.1) is 10.2 Å². The first-order valence-electron chi connectivity index (χ1n) is 3.74. The second kappa shape index (κ2) is 4.32. The molecular weight excluding hydrogens is 236 g/mol. The smallest absolute Gasteiger partial charge is 0.303 e. The zero-order valence-electron chi connectivity index (χ0n) is 7.32. The van der Waals surface area contributed by atoms with Gasteiger partial charge in [-0.1, -0.05) is 0 Å². The van der Waals surface area contributed by atoms with Gasteiger partial charge in [0.25, 0.3) is 0 Å². The Kier molecular flexibility index (Phi) is 3.36.